The predicted octanol–water partition coefficient (Wildman–Crippen LogP) is 8.12. The number of carboxylic acids is 1. The molecule has 2 bridgehead atoms. The fraction of sp³-hybridized carbons (Fsp3) is 0.462. The number of fused-ring (bicyclic) bond motifs is 3. The van der Waals surface area contributed by atoms with Crippen molar-refractivity contribution in [2.45, 2.75) is 88.4 Å². The fourth-order valence-electron chi connectivity index (χ4n) is 12.1. The number of carbonyl (C=O) groups excluding carboxylic acids is 1. The molecular weight excluding hydrogens is 735 g/mol. The molecule has 7 heteroatoms. The summed E-state index contributed by atoms with van der Waals surface area (Å²) in [6, 6.07) is 22.2. The van der Waals surface area contributed by atoms with Crippen molar-refractivity contribution in [2.75, 3.05) is 13.2 Å². The second-order valence-corrected chi connectivity index (χ2v) is 18.3. The SMILES string of the molecule is NCCC1=C[C@H]([C@@H](C=O)CCCCC[C@H]2CC=C[C@H](CO)[C@H](C(=O)O)[C@]34C[C@H]5C(O)=c6ccccc6=C[C@@H]5C[C@@H]3C=Cc3ccc(cc34)C[C@@H]2c2ccc(O)cc2)CC1. The van der Waals surface area contributed by atoms with Gasteiger partial charge in [0.1, 0.15) is 17.8 Å². The molecule has 1 spiro atoms. The van der Waals surface area contributed by atoms with Crippen molar-refractivity contribution in [3.8, 4) is 5.75 Å². The van der Waals surface area contributed by atoms with Crippen LogP contribution < -0.4 is 16.2 Å². The fourth-order valence-corrected chi connectivity index (χ4v) is 12.1. The first-order valence-electron chi connectivity index (χ1n) is 22.2. The van der Waals surface area contributed by atoms with Gasteiger partial charge in [-0.25, -0.2) is 0 Å². The number of aldehydes is 1. The molecule has 0 radical (unpaired) electrons. The minimum atomic E-state index is -0.920. The maximum absolute atomic E-state index is 13.9. The third kappa shape index (κ3) is 8.13. The van der Waals surface area contributed by atoms with Crippen molar-refractivity contribution >= 4 is 30.2 Å². The number of allylic oxidation sites excluding steroid dienone is 3. The number of phenolic OH excluding ortho intramolecular Hbond substituents is 1. The molecule has 1 saturated carbocycles. The highest BCUT2D eigenvalue weighted by atomic mass is 16.4. The topological polar surface area (TPSA) is 141 Å². The Bertz CT molecular complexity index is 2220. The predicted molar refractivity (Wildman–Crippen MR) is 234 cm³/mol. The number of aliphatic hydroxyl groups is 2. The number of rotatable bonds is 13. The minimum absolute atomic E-state index is 0.0441. The number of benzene rings is 3. The van der Waals surface area contributed by atoms with Crippen molar-refractivity contribution in [3.05, 3.63) is 129 Å². The normalized spacial score (nSPS) is 30.1. The van der Waals surface area contributed by atoms with Gasteiger partial charge >= 0.3 is 5.97 Å². The Labute approximate surface area is 348 Å². The van der Waals surface area contributed by atoms with Gasteiger partial charge in [0.25, 0.3) is 0 Å². The van der Waals surface area contributed by atoms with Crippen LogP contribution in [0.15, 0.2) is 96.6 Å². The van der Waals surface area contributed by atoms with Gasteiger partial charge in [-0.2, -0.15) is 0 Å². The van der Waals surface area contributed by atoms with Gasteiger partial charge in [0.05, 0.1) is 12.5 Å². The van der Waals surface area contributed by atoms with Gasteiger partial charge in [0.15, 0.2) is 0 Å². The van der Waals surface area contributed by atoms with Gasteiger partial charge < -0.3 is 31.0 Å². The van der Waals surface area contributed by atoms with Gasteiger partial charge in [-0.05, 0) is 134 Å². The Balaban J connectivity index is 1.13. The number of phenols is 1. The molecule has 0 saturated heterocycles. The lowest BCUT2D eigenvalue weighted by molar-refractivity contribution is -0.149. The first-order valence-corrected chi connectivity index (χ1v) is 22.2. The van der Waals surface area contributed by atoms with E-state index in [-0.39, 0.29) is 47.9 Å². The van der Waals surface area contributed by atoms with E-state index in [1.54, 1.807) is 12.1 Å². The van der Waals surface area contributed by atoms with Crippen molar-refractivity contribution < 1.29 is 30.0 Å². The zero-order chi connectivity index (χ0) is 41.1. The zero-order valence-corrected chi connectivity index (χ0v) is 34.2. The molecule has 1 fully saturated rings. The van der Waals surface area contributed by atoms with Crippen molar-refractivity contribution in [1.82, 2.24) is 0 Å². The minimum Gasteiger partial charge on any atom is -0.511 e. The van der Waals surface area contributed by atoms with E-state index >= 15 is 0 Å². The lowest BCUT2D eigenvalue weighted by Gasteiger charge is -2.55. The Hall–Kier alpha value is -4.72. The zero-order valence-electron chi connectivity index (χ0n) is 34.2. The van der Waals surface area contributed by atoms with Crippen molar-refractivity contribution in [2.24, 2.45) is 53.1 Å². The largest absolute Gasteiger partial charge is 0.511 e. The Morgan fingerprint density at radius 1 is 0.966 bits per heavy atom. The molecule has 0 aromatic heterocycles. The van der Waals surface area contributed by atoms with E-state index in [0.717, 1.165) is 96.8 Å². The van der Waals surface area contributed by atoms with Crippen LogP contribution in [-0.4, -0.2) is 45.8 Å². The molecule has 5 aliphatic carbocycles. The van der Waals surface area contributed by atoms with Gasteiger partial charge in [-0.15, -0.1) is 0 Å². The standard InChI is InChI=1S/C52H61NO6/c53-24-23-33-13-16-38(25-33)40(31-54)9-3-1-2-7-35-10-6-11-41(32-55)49(51(58)59)52-30-47-42(28-39-8-4-5-12-45(39)50(47)57)29-43(52)20-17-37-15-14-34(27-48(37)52)26-46(35)36-18-21-44(56)22-19-36/h4-6,8,11-12,14-15,17-22,25,27-28,31,35,38,40-43,46-47,49,55-57H,1-3,7,9-10,13,16,23-24,26,29-30,32,53H2,(H,58,59)/t35-,38+,40+,41+,42+,43-,46-,47+,49+,52+/m0/s1. The monoisotopic (exact) mass is 795 g/mol. The van der Waals surface area contributed by atoms with Crippen LogP contribution in [0.2, 0.25) is 0 Å². The van der Waals surface area contributed by atoms with Crippen LogP contribution in [0.1, 0.15) is 98.8 Å². The van der Waals surface area contributed by atoms with Crippen LogP contribution in [0.5, 0.6) is 5.75 Å². The van der Waals surface area contributed by atoms with Gasteiger partial charge in [0.2, 0.25) is 0 Å². The average Bonchev–Trinajstić information content (AvgIpc) is 3.71. The van der Waals surface area contributed by atoms with Crippen molar-refractivity contribution in [1.29, 1.82) is 0 Å². The van der Waals surface area contributed by atoms with E-state index in [1.165, 1.54) is 5.57 Å². The lowest BCUT2D eigenvalue weighted by Crippen LogP contribution is -2.56. The summed E-state index contributed by atoms with van der Waals surface area (Å²) < 4.78 is 0. The Morgan fingerprint density at radius 2 is 1.80 bits per heavy atom. The van der Waals surface area contributed by atoms with E-state index < -0.39 is 23.2 Å². The maximum atomic E-state index is 13.9. The average molecular weight is 796 g/mol. The maximum Gasteiger partial charge on any atom is 0.308 e. The van der Waals surface area contributed by atoms with Gasteiger partial charge in [-0.1, -0.05) is 116 Å². The molecule has 10 atom stereocenters. The van der Waals surface area contributed by atoms with Crippen LogP contribution in [-0.2, 0) is 21.4 Å². The first kappa shape index (κ1) is 41.0. The lowest BCUT2D eigenvalue weighted by atomic mass is 9.47. The third-order valence-corrected chi connectivity index (χ3v) is 15.1. The number of aliphatic carboxylic acids is 1. The van der Waals surface area contributed by atoms with E-state index in [4.69, 9.17) is 5.73 Å². The summed E-state index contributed by atoms with van der Waals surface area (Å²) in [6.07, 6.45) is 24.7. The van der Waals surface area contributed by atoms with Crippen molar-refractivity contribution in [3.63, 3.8) is 0 Å². The number of hydrogen-bond acceptors (Lipinski definition) is 6. The second-order valence-electron chi connectivity index (χ2n) is 18.3. The molecular formula is C52H61NO6. The molecule has 3 aromatic rings. The molecule has 0 heterocycles. The van der Waals surface area contributed by atoms with Crippen LogP contribution in [0.3, 0.4) is 0 Å². The number of aliphatic hydroxyl groups excluding tert-OH is 2. The molecule has 6 N–H and O–H groups in total. The summed E-state index contributed by atoms with van der Waals surface area (Å²) >= 11 is 0. The smallest absolute Gasteiger partial charge is 0.308 e. The van der Waals surface area contributed by atoms with Crippen LogP contribution in [0.25, 0.3) is 17.9 Å². The highest BCUT2D eigenvalue weighted by molar-refractivity contribution is 5.76. The number of nitrogens with two attached hydrogens (primary N) is 1. The highest BCUT2D eigenvalue weighted by Gasteiger charge is 2.58. The summed E-state index contributed by atoms with van der Waals surface area (Å²) in [5.74, 6) is -1.51. The Morgan fingerprint density at radius 3 is 2.58 bits per heavy atom. The molecule has 0 unspecified atom stereocenters. The first-order chi connectivity index (χ1) is 28.7. The summed E-state index contributed by atoms with van der Waals surface area (Å²) in [5, 5.41) is 46.6. The highest BCUT2D eigenvalue weighted by Crippen LogP contribution is 2.59. The third-order valence-electron chi connectivity index (χ3n) is 15.1. The van der Waals surface area contributed by atoms with Crippen LogP contribution >= 0.6 is 0 Å². The van der Waals surface area contributed by atoms with Gasteiger partial charge in [-0.3, -0.25) is 4.79 Å². The number of aromatic hydroxyl groups is 1. The molecule has 310 valence electrons. The molecule has 0 amide bonds. The number of hydrogen-bond donors (Lipinski definition) is 5. The second kappa shape index (κ2) is 17.9. The summed E-state index contributed by atoms with van der Waals surface area (Å²) in [7, 11) is 0. The summed E-state index contributed by atoms with van der Waals surface area (Å²) in [4.78, 5) is 26.0. The molecule has 3 aromatic carbocycles. The van der Waals surface area contributed by atoms with Gasteiger partial charge in [0, 0.05) is 28.4 Å². The van der Waals surface area contributed by atoms with E-state index in [2.05, 4.69) is 48.6 Å². The molecule has 0 aliphatic heterocycles. The molecule has 59 heavy (non-hydrogen) atoms. The molecule has 8 rings (SSSR count). The summed E-state index contributed by atoms with van der Waals surface area (Å²) in [5.41, 5.74) is 10.6. The number of unbranched alkanes of at least 4 members (excludes halogenated alkanes) is 2. The van der Waals surface area contributed by atoms with E-state index in [1.807, 2.05) is 42.5 Å². The quantitative estimate of drug-likeness (QED) is 0.0669. The number of carbonyl (C=O) groups is 2. The summed E-state index contributed by atoms with van der Waals surface area (Å²) in [6.45, 7) is 0.352. The molecule has 5 aliphatic rings. The number of carboxylic acid groups (broad SMARTS) is 1. The van der Waals surface area contributed by atoms with E-state index in [9.17, 15) is 30.0 Å². The molecule has 7 nitrogen and oxygen atoms in total. The van der Waals surface area contributed by atoms with Crippen LogP contribution in [0.4, 0.5) is 0 Å². The van der Waals surface area contributed by atoms with Crippen LogP contribution in [0, 0.1) is 47.3 Å². The van der Waals surface area contributed by atoms with E-state index in [0.29, 0.717) is 37.5 Å². The Kier molecular flexibility index (Phi) is 12.4.